The van der Waals surface area contributed by atoms with Crippen molar-refractivity contribution in [3.05, 3.63) is 28.2 Å². The summed E-state index contributed by atoms with van der Waals surface area (Å²) in [6.45, 7) is 3.39. The first kappa shape index (κ1) is 13.4. The van der Waals surface area contributed by atoms with Gasteiger partial charge in [-0.05, 0) is 24.6 Å². The summed E-state index contributed by atoms with van der Waals surface area (Å²) >= 11 is 3.48. The van der Waals surface area contributed by atoms with E-state index < -0.39 is 5.41 Å². The van der Waals surface area contributed by atoms with Gasteiger partial charge in [-0.2, -0.15) is 0 Å². The van der Waals surface area contributed by atoms with Gasteiger partial charge in [0.1, 0.15) is 5.41 Å². The number of methoxy groups -OCH3 is 1. The highest BCUT2D eigenvalue weighted by atomic mass is 79.9. The number of esters is 1. The quantitative estimate of drug-likeness (QED) is 0.867. The van der Waals surface area contributed by atoms with Crippen LogP contribution in [0.1, 0.15) is 5.56 Å². The standard InChI is InChI=1S/C13H16BrNO3/c1-9-3-4-10(5-11(9)14)15-6-13(7-18-8-13)12(16)17-2/h3-5,15H,6-8H2,1-2H3. The molecule has 4 nitrogen and oxygen atoms in total. The number of nitrogens with one attached hydrogen (secondary N) is 1. The first-order chi connectivity index (χ1) is 8.57. The molecule has 18 heavy (non-hydrogen) atoms. The lowest BCUT2D eigenvalue weighted by atomic mass is 9.86. The van der Waals surface area contributed by atoms with Gasteiger partial charge in [0.25, 0.3) is 0 Å². The summed E-state index contributed by atoms with van der Waals surface area (Å²) in [5, 5.41) is 3.26. The van der Waals surface area contributed by atoms with Crippen LogP contribution in [0.15, 0.2) is 22.7 Å². The third-order valence-corrected chi connectivity index (χ3v) is 4.03. The number of rotatable bonds is 4. The van der Waals surface area contributed by atoms with Crippen LogP contribution in [0.2, 0.25) is 0 Å². The predicted octanol–water partition coefficient (Wildman–Crippen LogP) is 2.36. The monoisotopic (exact) mass is 313 g/mol. The Balaban J connectivity index is 2.02. The molecule has 1 N–H and O–H groups in total. The summed E-state index contributed by atoms with van der Waals surface area (Å²) in [5.41, 5.74) is 1.62. The van der Waals surface area contributed by atoms with Crippen molar-refractivity contribution in [3.63, 3.8) is 0 Å². The molecule has 1 aliphatic rings. The van der Waals surface area contributed by atoms with E-state index in [1.54, 1.807) is 0 Å². The number of ether oxygens (including phenoxy) is 2. The van der Waals surface area contributed by atoms with Gasteiger partial charge >= 0.3 is 5.97 Å². The largest absolute Gasteiger partial charge is 0.468 e. The molecule has 0 radical (unpaired) electrons. The molecule has 5 heteroatoms. The van der Waals surface area contributed by atoms with Gasteiger partial charge in [0.05, 0.1) is 20.3 Å². The predicted molar refractivity (Wildman–Crippen MR) is 72.6 cm³/mol. The van der Waals surface area contributed by atoms with E-state index in [4.69, 9.17) is 9.47 Å². The second kappa shape index (κ2) is 5.28. The van der Waals surface area contributed by atoms with Gasteiger partial charge in [0.15, 0.2) is 0 Å². The van der Waals surface area contributed by atoms with Crippen molar-refractivity contribution in [3.8, 4) is 0 Å². The topological polar surface area (TPSA) is 47.6 Å². The van der Waals surface area contributed by atoms with Crippen LogP contribution in [0.25, 0.3) is 0 Å². The van der Waals surface area contributed by atoms with Gasteiger partial charge in [-0.1, -0.05) is 22.0 Å². The number of halogens is 1. The average molecular weight is 314 g/mol. The first-order valence-corrected chi connectivity index (χ1v) is 6.53. The van der Waals surface area contributed by atoms with Crippen LogP contribution in [0.5, 0.6) is 0 Å². The highest BCUT2D eigenvalue weighted by Gasteiger charge is 2.47. The fourth-order valence-electron chi connectivity index (χ4n) is 1.83. The Hall–Kier alpha value is -1.07. The maximum atomic E-state index is 11.7. The molecule has 0 aromatic heterocycles. The van der Waals surface area contributed by atoms with Crippen molar-refractivity contribution in [2.45, 2.75) is 6.92 Å². The highest BCUT2D eigenvalue weighted by molar-refractivity contribution is 9.10. The molecule has 0 unspecified atom stereocenters. The van der Waals surface area contributed by atoms with Crippen molar-refractivity contribution < 1.29 is 14.3 Å². The fraction of sp³-hybridized carbons (Fsp3) is 0.462. The van der Waals surface area contributed by atoms with Crippen molar-refractivity contribution >= 4 is 27.6 Å². The summed E-state index contributed by atoms with van der Waals surface area (Å²) in [6, 6.07) is 6.01. The molecule has 1 aromatic carbocycles. The smallest absolute Gasteiger partial charge is 0.318 e. The van der Waals surface area contributed by atoms with Gasteiger partial charge in [0.2, 0.25) is 0 Å². The molecule has 1 saturated heterocycles. The Labute approximate surface area is 115 Å². The molecule has 1 fully saturated rings. The number of hydrogen-bond donors (Lipinski definition) is 1. The molecule has 0 saturated carbocycles. The van der Waals surface area contributed by atoms with E-state index in [0.29, 0.717) is 19.8 Å². The van der Waals surface area contributed by atoms with E-state index >= 15 is 0 Å². The molecular formula is C13H16BrNO3. The second-order valence-corrected chi connectivity index (χ2v) is 5.44. The minimum Gasteiger partial charge on any atom is -0.468 e. The van der Waals surface area contributed by atoms with E-state index in [2.05, 4.69) is 21.2 Å². The Morgan fingerprint density at radius 2 is 2.28 bits per heavy atom. The Morgan fingerprint density at radius 3 is 2.78 bits per heavy atom. The summed E-state index contributed by atoms with van der Waals surface area (Å²) in [5.74, 6) is -0.215. The number of hydrogen-bond acceptors (Lipinski definition) is 4. The van der Waals surface area contributed by atoms with Crippen molar-refractivity contribution in [1.29, 1.82) is 0 Å². The molecular weight excluding hydrogens is 298 g/mol. The van der Waals surface area contributed by atoms with E-state index in [-0.39, 0.29) is 5.97 Å². The zero-order valence-electron chi connectivity index (χ0n) is 10.5. The van der Waals surface area contributed by atoms with E-state index in [1.807, 2.05) is 25.1 Å². The van der Waals surface area contributed by atoms with E-state index in [9.17, 15) is 4.79 Å². The van der Waals surface area contributed by atoms with Crippen molar-refractivity contribution in [2.24, 2.45) is 5.41 Å². The van der Waals surface area contributed by atoms with Gasteiger partial charge in [-0.25, -0.2) is 0 Å². The van der Waals surface area contributed by atoms with E-state index in [0.717, 1.165) is 10.2 Å². The number of carbonyl (C=O) groups excluding carboxylic acids is 1. The number of carbonyl (C=O) groups is 1. The minimum atomic E-state index is -0.536. The molecule has 1 heterocycles. The zero-order chi connectivity index (χ0) is 13.2. The Kier molecular flexibility index (Phi) is 3.92. The second-order valence-electron chi connectivity index (χ2n) is 4.58. The van der Waals surface area contributed by atoms with E-state index in [1.165, 1.54) is 12.7 Å². The van der Waals surface area contributed by atoms with Gasteiger partial charge in [-0.3, -0.25) is 4.79 Å². The van der Waals surface area contributed by atoms with Crippen LogP contribution < -0.4 is 5.32 Å². The molecule has 0 bridgehead atoms. The lowest BCUT2D eigenvalue weighted by molar-refractivity contribution is -0.180. The lowest BCUT2D eigenvalue weighted by Gasteiger charge is -2.38. The van der Waals surface area contributed by atoms with Crippen LogP contribution in [0.3, 0.4) is 0 Å². The maximum Gasteiger partial charge on any atom is 0.318 e. The zero-order valence-corrected chi connectivity index (χ0v) is 12.0. The third-order valence-electron chi connectivity index (χ3n) is 3.18. The summed E-state index contributed by atoms with van der Waals surface area (Å²) in [6.07, 6.45) is 0. The minimum absolute atomic E-state index is 0.215. The van der Waals surface area contributed by atoms with Gasteiger partial charge < -0.3 is 14.8 Å². The fourth-order valence-corrected chi connectivity index (χ4v) is 2.21. The highest BCUT2D eigenvalue weighted by Crippen LogP contribution is 2.30. The number of anilines is 1. The summed E-state index contributed by atoms with van der Waals surface area (Å²) < 4.78 is 11.0. The van der Waals surface area contributed by atoms with Crippen LogP contribution in [-0.2, 0) is 14.3 Å². The molecule has 0 spiro atoms. The van der Waals surface area contributed by atoms with Gasteiger partial charge in [0, 0.05) is 16.7 Å². The summed E-state index contributed by atoms with van der Waals surface area (Å²) in [7, 11) is 1.41. The van der Waals surface area contributed by atoms with Crippen molar-refractivity contribution in [2.75, 3.05) is 32.2 Å². The molecule has 1 aromatic rings. The molecule has 98 valence electrons. The Bertz CT molecular complexity index is 458. The normalized spacial score (nSPS) is 16.8. The molecule has 0 atom stereocenters. The maximum absolute atomic E-state index is 11.7. The number of benzene rings is 1. The third kappa shape index (κ3) is 2.52. The SMILES string of the molecule is COC(=O)C1(CNc2ccc(C)c(Br)c2)COC1. The summed E-state index contributed by atoms with van der Waals surface area (Å²) in [4.78, 5) is 11.7. The van der Waals surface area contributed by atoms with Crippen LogP contribution >= 0.6 is 15.9 Å². The van der Waals surface area contributed by atoms with Gasteiger partial charge in [-0.15, -0.1) is 0 Å². The molecule has 0 amide bonds. The molecule has 0 aliphatic carbocycles. The first-order valence-electron chi connectivity index (χ1n) is 5.74. The Morgan fingerprint density at radius 1 is 1.56 bits per heavy atom. The van der Waals surface area contributed by atoms with Crippen LogP contribution in [0.4, 0.5) is 5.69 Å². The van der Waals surface area contributed by atoms with Crippen molar-refractivity contribution in [1.82, 2.24) is 0 Å². The average Bonchev–Trinajstić information content (AvgIpc) is 2.31. The number of aryl methyl sites for hydroxylation is 1. The molecule has 1 aliphatic heterocycles. The molecule has 2 rings (SSSR count). The van der Waals surface area contributed by atoms with Crippen LogP contribution in [-0.4, -0.2) is 32.8 Å². The van der Waals surface area contributed by atoms with Crippen LogP contribution in [0, 0.1) is 12.3 Å². The lowest BCUT2D eigenvalue weighted by Crippen LogP contribution is -2.54.